The third kappa shape index (κ3) is 6.42. The lowest BCUT2D eigenvalue weighted by atomic mass is 10.0. The molecule has 0 saturated carbocycles. The third-order valence-corrected chi connectivity index (χ3v) is 2.63. The molecule has 0 aliphatic heterocycles. The maximum atomic E-state index is 10.5. The molecule has 2 aromatic carbocycles. The average molecular weight is 304 g/mol. The van der Waals surface area contributed by atoms with Crippen LogP contribution in [0.1, 0.15) is 11.1 Å². The number of carbonyl (C=O) groups is 2. The van der Waals surface area contributed by atoms with Gasteiger partial charge in [-0.2, -0.15) is 0 Å². The molecule has 4 N–H and O–H groups in total. The van der Waals surface area contributed by atoms with Crippen molar-refractivity contribution in [1.29, 1.82) is 0 Å². The van der Waals surface area contributed by atoms with E-state index in [1.54, 1.807) is 30.3 Å². The molecule has 0 heterocycles. The molecule has 0 radical (unpaired) electrons. The zero-order valence-corrected chi connectivity index (χ0v) is 11.6. The van der Waals surface area contributed by atoms with Gasteiger partial charge in [0, 0.05) is 6.07 Å². The van der Waals surface area contributed by atoms with Crippen LogP contribution in [0, 0.1) is 0 Å². The fraction of sp³-hybridized carbons (Fsp3) is 0.125. The molecule has 2 rings (SSSR count). The molecule has 2 aromatic rings. The monoisotopic (exact) mass is 304 g/mol. The van der Waals surface area contributed by atoms with Crippen molar-refractivity contribution in [2.24, 2.45) is 0 Å². The van der Waals surface area contributed by atoms with Crippen LogP contribution in [-0.2, 0) is 22.4 Å². The average Bonchev–Trinajstić information content (AvgIpc) is 2.40. The van der Waals surface area contributed by atoms with Gasteiger partial charge in [-0.05, 0) is 23.3 Å². The molecule has 0 spiro atoms. The Kier molecular flexibility index (Phi) is 6.43. The van der Waals surface area contributed by atoms with Crippen LogP contribution >= 0.6 is 0 Å². The molecule has 0 bridgehead atoms. The number of benzene rings is 2. The van der Waals surface area contributed by atoms with E-state index in [1.165, 1.54) is 18.2 Å². The third-order valence-electron chi connectivity index (χ3n) is 2.63. The molecule has 0 aliphatic rings. The highest BCUT2D eigenvalue weighted by Crippen LogP contribution is 2.14. The summed E-state index contributed by atoms with van der Waals surface area (Å²) >= 11 is 0. The lowest BCUT2D eigenvalue weighted by molar-refractivity contribution is -0.137. The highest BCUT2D eigenvalue weighted by molar-refractivity contribution is 5.74. The van der Waals surface area contributed by atoms with Crippen LogP contribution in [0.5, 0.6) is 11.5 Å². The number of rotatable bonds is 4. The zero-order chi connectivity index (χ0) is 16.5. The highest BCUT2D eigenvalue weighted by atomic mass is 16.4. The largest absolute Gasteiger partial charge is 0.508 e. The summed E-state index contributed by atoms with van der Waals surface area (Å²) in [5.41, 5.74) is 1.12. The number of carboxylic acid groups (broad SMARTS) is 2. The lowest BCUT2D eigenvalue weighted by Crippen LogP contribution is -2.07. The summed E-state index contributed by atoms with van der Waals surface area (Å²) in [5, 5.41) is 34.5. The van der Waals surface area contributed by atoms with Gasteiger partial charge >= 0.3 is 11.9 Å². The van der Waals surface area contributed by atoms with Crippen molar-refractivity contribution in [2.45, 2.75) is 12.8 Å². The molecule has 116 valence electrons. The summed E-state index contributed by atoms with van der Waals surface area (Å²) in [4.78, 5) is 20.9. The molecule has 0 atom stereocenters. The Morgan fingerprint density at radius 3 is 1.41 bits per heavy atom. The summed E-state index contributed by atoms with van der Waals surface area (Å²) in [5.74, 6) is -1.74. The Morgan fingerprint density at radius 1 is 0.727 bits per heavy atom. The van der Waals surface area contributed by atoms with Crippen LogP contribution in [0.4, 0.5) is 0 Å². The fourth-order valence-corrected chi connectivity index (χ4v) is 1.72. The summed E-state index contributed by atoms with van der Waals surface area (Å²) in [6.07, 6.45) is -0.271. The molecule has 0 fully saturated rings. The molecule has 6 nitrogen and oxygen atoms in total. The minimum Gasteiger partial charge on any atom is -0.508 e. The molecule has 0 saturated heterocycles. The number of hydrogen-bond donors (Lipinski definition) is 4. The van der Waals surface area contributed by atoms with Crippen LogP contribution in [0.15, 0.2) is 48.5 Å². The molecular formula is C16H16O6. The number of aromatic hydroxyl groups is 2. The van der Waals surface area contributed by atoms with Crippen LogP contribution < -0.4 is 0 Å². The number of hydrogen-bond acceptors (Lipinski definition) is 4. The second-order valence-electron chi connectivity index (χ2n) is 4.43. The topological polar surface area (TPSA) is 115 Å². The van der Waals surface area contributed by atoms with Crippen molar-refractivity contribution in [3.05, 3.63) is 59.7 Å². The van der Waals surface area contributed by atoms with Crippen molar-refractivity contribution >= 4 is 11.9 Å². The molecule has 0 amide bonds. The van der Waals surface area contributed by atoms with E-state index in [2.05, 4.69) is 0 Å². The first kappa shape index (κ1) is 17.0. The van der Waals surface area contributed by atoms with Gasteiger partial charge < -0.3 is 20.4 Å². The van der Waals surface area contributed by atoms with Gasteiger partial charge in [-0.25, -0.2) is 0 Å². The van der Waals surface area contributed by atoms with E-state index in [9.17, 15) is 9.59 Å². The van der Waals surface area contributed by atoms with Gasteiger partial charge in [0.05, 0.1) is 12.8 Å². The second kappa shape index (κ2) is 8.31. The fourth-order valence-electron chi connectivity index (χ4n) is 1.72. The minimum atomic E-state index is -0.956. The van der Waals surface area contributed by atoms with Crippen molar-refractivity contribution < 1.29 is 30.0 Å². The van der Waals surface area contributed by atoms with Crippen molar-refractivity contribution in [3.8, 4) is 11.5 Å². The smallest absolute Gasteiger partial charge is 0.307 e. The van der Waals surface area contributed by atoms with E-state index < -0.39 is 11.9 Å². The van der Waals surface area contributed by atoms with E-state index in [1.807, 2.05) is 0 Å². The number of aliphatic carboxylic acids is 2. The van der Waals surface area contributed by atoms with Crippen LogP contribution in [-0.4, -0.2) is 32.4 Å². The van der Waals surface area contributed by atoms with Crippen LogP contribution in [0.3, 0.4) is 0 Å². The van der Waals surface area contributed by atoms with Gasteiger partial charge in [0.1, 0.15) is 11.5 Å². The summed E-state index contributed by atoms with van der Waals surface area (Å²) in [6.45, 7) is 0. The zero-order valence-electron chi connectivity index (χ0n) is 11.6. The van der Waals surface area contributed by atoms with Gasteiger partial charge in [-0.15, -0.1) is 0 Å². The van der Waals surface area contributed by atoms with E-state index in [0.29, 0.717) is 11.1 Å². The number of phenols is 2. The standard InChI is InChI=1S/C10H10O4.C6H6O2/c11-9(12)5-7-3-1-2-4-8(7)6-10(13)14;7-5-2-1-3-6(8)4-5/h1-4H,5-6H2,(H,11,12)(H,13,14);1-4,7-8H. The Balaban J connectivity index is 0.000000255. The Morgan fingerprint density at radius 2 is 1.14 bits per heavy atom. The van der Waals surface area contributed by atoms with Crippen molar-refractivity contribution in [1.82, 2.24) is 0 Å². The SMILES string of the molecule is O=C(O)Cc1ccccc1CC(=O)O.Oc1cccc(O)c1. The molecular weight excluding hydrogens is 288 g/mol. The lowest BCUT2D eigenvalue weighted by Gasteiger charge is -2.04. The second-order valence-corrected chi connectivity index (χ2v) is 4.43. The highest BCUT2D eigenvalue weighted by Gasteiger charge is 2.08. The Labute approximate surface area is 126 Å². The molecule has 0 unspecified atom stereocenters. The van der Waals surface area contributed by atoms with Crippen molar-refractivity contribution in [2.75, 3.05) is 0 Å². The van der Waals surface area contributed by atoms with E-state index in [-0.39, 0.29) is 24.3 Å². The predicted octanol–water partition coefficient (Wildman–Crippen LogP) is 2.04. The van der Waals surface area contributed by atoms with Gasteiger partial charge in [0.2, 0.25) is 0 Å². The Bertz CT molecular complexity index is 598. The van der Waals surface area contributed by atoms with Gasteiger partial charge in [0.25, 0.3) is 0 Å². The Hall–Kier alpha value is -3.02. The molecule has 22 heavy (non-hydrogen) atoms. The first-order valence-electron chi connectivity index (χ1n) is 6.37. The summed E-state index contributed by atoms with van der Waals surface area (Å²) in [7, 11) is 0. The normalized spacial score (nSPS) is 9.45. The predicted molar refractivity (Wildman–Crippen MR) is 78.9 cm³/mol. The van der Waals surface area contributed by atoms with E-state index >= 15 is 0 Å². The minimum absolute atomic E-state index is 0.0880. The van der Waals surface area contributed by atoms with Crippen LogP contribution in [0.25, 0.3) is 0 Å². The molecule has 6 heteroatoms. The summed E-state index contributed by atoms with van der Waals surface area (Å²) < 4.78 is 0. The van der Waals surface area contributed by atoms with Crippen molar-refractivity contribution in [3.63, 3.8) is 0 Å². The van der Waals surface area contributed by atoms with Gasteiger partial charge in [-0.3, -0.25) is 9.59 Å². The quantitative estimate of drug-likeness (QED) is 0.687. The molecule has 0 aromatic heterocycles. The maximum Gasteiger partial charge on any atom is 0.307 e. The number of carboxylic acids is 2. The van der Waals surface area contributed by atoms with Gasteiger partial charge in [-0.1, -0.05) is 30.3 Å². The van der Waals surface area contributed by atoms with Gasteiger partial charge in [0.15, 0.2) is 0 Å². The maximum absolute atomic E-state index is 10.5. The summed E-state index contributed by atoms with van der Waals surface area (Å²) in [6, 6.07) is 12.5. The van der Waals surface area contributed by atoms with E-state index in [0.717, 1.165) is 0 Å². The first-order valence-corrected chi connectivity index (χ1v) is 6.37. The first-order chi connectivity index (χ1) is 10.4. The number of phenolic OH excluding ortho intramolecular Hbond substituents is 2. The van der Waals surface area contributed by atoms with Crippen LogP contribution in [0.2, 0.25) is 0 Å². The van der Waals surface area contributed by atoms with E-state index in [4.69, 9.17) is 20.4 Å². The molecule has 0 aliphatic carbocycles.